The van der Waals surface area contributed by atoms with Crippen molar-refractivity contribution in [1.29, 1.82) is 0 Å². The number of nitrogens with zero attached hydrogens (tertiary/aromatic N) is 3. The van der Waals surface area contributed by atoms with Crippen LogP contribution in [0, 0.1) is 0 Å². The number of aromatic amines is 1. The fourth-order valence-electron chi connectivity index (χ4n) is 5.49. The second-order valence-electron chi connectivity index (χ2n) is 10.7. The molecule has 0 unspecified atom stereocenters. The zero-order valence-corrected chi connectivity index (χ0v) is 23.9. The van der Waals surface area contributed by atoms with E-state index in [1.807, 2.05) is 54.6 Å². The summed E-state index contributed by atoms with van der Waals surface area (Å²) in [6.07, 6.45) is 3.30. The number of benzene rings is 2. The van der Waals surface area contributed by atoms with Crippen LogP contribution >= 0.6 is 0 Å². The maximum absolute atomic E-state index is 13.6. The lowest BCUT2D eigenvalue weighted by atomic mass is 10.0. The highest BCUT2D eigenvalue weighted by atomic mass is 16.4. The first-order valence-corrected chi connectivity index (χ1v) is 14.2. The highest BCUT2D eigenvalue weighted by Crippen LogP contribution is 2.29. The number of aliphatic carboxylic acids is 1. The zero-order valence-electron chi connectivity index (χ0n) is 23.9. The van der Waals surface area contributed by atoms with Gasteiger partial charge in [0.05, 0.1) is 12.1 Å². The van der Waals surface area contributed by atoms with Crippen molar-refractivity contribution in [1.82, 2.24) is 35.9 Å². The van der Waals surface area contributed by atoms with Crippen molar-refractivity contribution < 1.29 is 29.1 Å². The summed E-state index contributed by atoms with van der Waals surface area (Å²) in [5.74, 6) is -3.87. The number of amides is 4. The Labute approximate surface area is 256 Å². The molecule has 4 aromatic rings. The van der Waals surface area contributed by atoms with E-state index in [-0.39, 0.29) is 37.3 Å². The number of para-hydroxylation sites is 1. The van der Waals surface area contributed by atoms with Crippen LogP contribution in [0.3, 0.4) is 0 Å². The number of hydrogen-bond donors (Lipinski definition) is 5. The number of pyridine rings is 1. The predicted molar refractivity (Wildman–Crippen MR) is 161 cm³/mol. The summed E-state index contributed by atoms with van der Waals surface area (Å²) >= 11 is 0. The van der Waals surface area contributed by atoms with E-state index in [0.717, 1.165) is 27.0 Å². The van der Waals surface area contributed by atoms with Crippen molar-refractivity contribution in [2.75, 3.05) is 13.1 Å². The molecule has 4 amide bonds. The minimum Gasteiger partial charge on any atom is -0.477 e. The topological polar surface area (TPSA) is 177 Å². The molecule has 5 N–H and O–H groups in total. The van der Waals surface area contributed by atoms with Gasteiger partial charge in [0.25, 0.3) is 17.7 Å². The monoisotopic (exact) mass is 607 g/mol. The number of hydrogen-bond acceptors (Lipinski definition) is 7. The van der Waals surface area contributed by atoms with E-state index in [0.29, 0.717) is 0 Å². The number of aromatic nitrogens is 2. The van der Waals surface area contributed by atoms with E-state index in [9.17, 15) is 29.1 Å². The fourth-order valence-corrected chi connectivity index (χ4v) is 5.49. The number of H-pyrrole nitrogens is 1. The van der Waals surface area contributed by atoms with E-state index >= 15 is 0 Å². The number of nitrogens with one attached hydrogen (secondary N) is 4. The summed E-state index contributed by atoms with van der Waals surface area (Å²) < 4.78 is 0. The average molecular weight is 608 g/mol. The van der Waals surface area contributed by atoms with E-state index in [1.54, 1.807) is 30.6 Å². The van der Waals surface area contributed by atoms with E-state index in [1.165, 1.54) is 5.01 Å². The van der Waals surface area contributed by atoms with E-state index in [4.69, 9.17) is 0 Å². The number of carbonyl (C=O) groups excluding carboxylic acids is 4. The molecule has 0 aliphatic carbocycles. The predicted octanol–water partition coefficient (Wildman–Crippen LogP) is 1.12. The Hall–Kier alpha value is -5.82. The Morgan fingerprint density at radius 3 is 2.42 bits per heavy atom. The van der Waals surface area contributed by atoms with Crippen LogP contribution in [0.4, 0.5) is 0 Å². The standard InChI is InChI=1S/C32H29N7O6/c40-28(34-16-20-10-12-33-13-11-20)22-17-38-18-26(31(43)39(38)27(22)32(44)45)37-29(41)24(14-19-6-2-1-3-7-19)36-30(42)25-15-21-8-4-5-9-23(21)35-25/h1-13,15,24,26,35H,14,16-18H2,(H,34,40)(H,36,42)(H,37,41)(H,44,45)/t24-,26-/m0/s1. The molecule has 1 fully saturated rings. The number of fused-ring (bicyclic) bond motifs is 2. The molecular weight excluding hydrogens is 578 g/mol. The molecule has 2 aliphatic heterocycles. The number of carbonyl (C=O) groups is 5. The van der Waals surface area contributed by atoms with Crippen LogP contribution < -0.4 is 16.0 Å². The first-order valence-electron chi connectivity index (χ1n) is 14.2. The van der Waals surface area contributed by atoms with Crippen molar-refractivity contribution in [3.8, 4) is 0 Å². The molecule has 1 saturated heterocycles. The Morgan fingerprint density at radius 2 is 1.69 bits per heavy atom. The van der Waals surface area contributed by atoms with Gasteiger partial charge in [-0.1, -0.05) is 48.5 Å². The van der Waals surface area contributed by atoms with Gasteiger partial charge in [0, 0.05) is 42.8 Å². The maximum atomic E-state index is 13.6. The SMILES string of the molecule is O=C(O)C1=C(C(=O)NCc2ccncc2)CN2C[C@H](NC(=O)[C@H](Cc3ccccc3)NC(=O)c3cc4ccccc4[nH]3)C(=O)N12. The summed E-state index contributed by atoms with van der Waals surface area (Å²) in [6.45, 7) is -0.0413. The summed E-state index contributed by atoms with van der Waals surface area (Å²) in [4.78, 5) is 72.4. The smallest absolute Gasteiger partial charge is 0.354 e. The Balaban J connectivity index is 1.17. The van der Waals surface area contributed by atoms with Gasteiger partial charge in [-0.25, -0.2) is 14.8 Å². The second kappa shape index (κ2) is 12.4. The van der Waals surface area contributed by atoms with Crippen LogP contribution in [-0.4, -0.2) is 79.9 Å². The average Bonchev–Trinajstić information content (AvgIpc) is 3.73. The van der Waals surface area contributed by atoms with Crippen molar-refractivity contribution in [2.24, 2.45) is 0 Å². The maximum Gasteiger partial charge on any atom is 0.354 e. The number of hydrazine groups is 1. The molecule has 6 rings (SSSR count). The molecule has 13 heteroatoms. The van der Waals surface area contributed by atoms with Crippen molar-refractivity contribution in [3.63, 3.8) is 0 Å². The first kappa shape index (κ1) is 29.3. The summed E-state index contributed by atoms with van der Waals surface area (Å²) in [6, 6.07) is 19.5. The van der Waals surface area contributed by atoms with Crippen LogP contribution in [0.25, 0.3) is 10.9 Å². The summed E-state index contributed by atoms with van der Waals surface area (Å²) in [7, 11) is 0. The number of carboxylic acid groups (broad SMARTS) is 1. The van der Waals surface area contributed by atoms with E-state index in [2.05, 4.69) is 25.9 Å². The molecule has 0 spiro atoms. The van der Waals surface area contributed by atoms with Crippen molar-refractivity contribution in [2.45, 2.75) is 25.0 Å². The zero-order chi connectivity index (χ0) is 31.5. The number of rotatable bonds is 10. The molecule has 4 heterocycles. The molecule has 228 valence electrons. The summed E-state index contributed by atoms with van der Waals surface area (Å²) in [5, 5.41) is 21.3. The summed E-state index contributed by atoms with van der Waals surface area (Å²) in [5.41, 5.74) is 2.08. The molecule has 2 aliphatic rings. The highest BCUT2D eigenvalue weighted by molar-refractivity contribution is 6.07. The van der Waals surface area contributed by atoms with Gasteiger partial charge >= 0.3 is 5.97 Å². The van der Waals surface area contributed by atoms with Crippen LogP contribution in [-0.2, 0) is 32.1 Å². The van der Waals surface area contributed by atoms with Gasteiger partial charge in [0.1, 0.15) is 17.8 Å². The van der Waals surface area contributed by atoms with Crippen LogP contribution in [0.15, 0.2) is 96.5 Å². The molecular formula is C32H29N7O6. The molecule has 0 radical (unpaired) electrons. The Morgan fingerprint density at radius 1 is 0.956 bits per heavy atom. The quantitative estimate of drug-likeness (QED) is 0.178. The fraction of sp³-hybridized carbons (Fsp3) is 0.188. The van der Waals surface area contributed by atoms with Gasteiger partial charge in [-0.2, -0.15) is 0 Å². The largest absolute Gasteiger partial charge is 0.477 e. The van der Waals surface area contributed by atoms with Gasteiger partial charge in [-0.05, 0) is 35.4 Å². The highest BCUT2D eigenvalue weighted by Gasteiger charge is 2.49. The van der Waals surface area contributed by atoms with Gasteiger partial charge in [-0.15, -0.1) is 0 Å². The lowest BCUT2D eigenvalue weighted by Crippen LogP contribution is -2.53. The molecule has 45 heavy (non-hydrogen) atoms. The second-order valence-corrected chi connectivity index (χ2v) is 10.7. The van der Waals surface area contributed by atoms with Crippen LogP contribution in [0.5, 0.6) is 0 Å². The van der Waals surface area contributed by atoms with Crippen LogP contribution in [0.2, 0.25) is 0 Å². The lowest BCUT2D eigenvalue weighted by Gasteiger charge is -2.21. The normalized spacial score (nSPS) is 16.8. The Bertz CT molecular complexity index is 1790. The van der Waals surface area contributed by atoms with Crippen LogP contribution in [0.1, 0.15) is 21.6 Å². The molecule has 2 aromatic carbocycles. The molecule has 0 saturated carbocycles. The van der Waals surface area contributed by atoms with Gasteiger partial charge in [0.15, 0.2) is 5.70 Å². The molecule has 0 bridgehead atoms. The van der Waals surface area contributed by atoms with Gasteiger partial charge < -0.3 is 26.0 Å². The van der Waals surface area contributed by atoms with Crippen molar-refractivity contribution in [3.05, 3.63) is 113 Å². The third-order valence-corrected chi connectivity index (χ3v) is 7.70. The Kier molecular flexibility index (Phi) is 8.08. The minimum absolute atomic E-state index is 0.0590. The third kappa shape index (κ3) is 6.15. The molecule has 13 nitrogen and oxygen atoms in total. The minimum atomic E-state index is -1.44. The lowest BCUT2D eigenvalue weighted by molar-refractivity contribution is -0.143. The van der Waals surface area contributed by atoms with E-state index < -0.39 is 47.4 Å². The third-order valence-electron chi connectivity index (χ3n) is 7.70. The first-order chi connectivity index (χ1) is 21.8. The van der Waals surface area contributed by atoms with Gasteiger partial charge in [0.2, 0.25) is 5.91 Å². The molecule has 2 aromatic heterocycles. The van der Waals surface area contributed by atoms with Gasteiger partial charge in [-0.3, -0.25) is 24.2 Å². The van der Waals surface area contributed by atoms with Crippen molar-refractivity contribution >= 4 is 40.5 Å². The molecule has 2 atom stereocenters. The number of carboxylic acids is 1.